The van der Waals surface area contributed by atoms with Crippen LogP contribution in [0.1, 0.15) is 86.0 Å². The summed E-state index contributed by atoms with van der Waals surface area (Å²) >= 11 is 5.35. The van der Waals surface area contributed by atoms with E-state index in [1.165, 1.54) is 0 Å². The first-order valence-corrected chi connectivity index (χ1v) is 11.0. The van der Waals surface area contributed by atoms with E-state index in [1.54, 1.807) is 0 Å². The maximum absolute atomic E-state index is 13.3. The van der Waals surface area contributed by atoms with Gasteiger partial charge < -0.3 is 5.32 Å². The van der Waals surface area contributed by atoms with Gasteiger partial charge in [0.15, 0.2) is 16.2 Å². The van der Waals surface area contributed by atoms with Gasteiger partial charge in [-0.3, -0.25) is 14.5 Å². The molecule has 9 heteroatoms. The van der Waals surface area contributed by atoms with Crippen molar-refractivity contribution < 1.29 is 4.79 Å². The van der Waals surface area contributed by atoms with E-state index >= 15 is 0 Å². The molecule has 8 nitrogen and oxygen atoms in total. The molecule has 2 saturated carbocycles. The number of hydrogen-bond acceptors (Lipinski definition) is 5. The highest BCUT2D eigenvalue weighted by molar-refractivity contribution is 7.71. The molecule has 2 fully saturated rings. The zero-order chi connectivity index (χ0) is 21.2. The Hall–Kier alpha value is -2.55. The molecule has 0 atom stereocenters. The lowest BCUT2D eigenvalue weighted by molar-refractivity contribution is 0.0951. The summed E-state index contributed by atoms with van der Waals surface area (Å²) in [5, 5.41) is 15.8. The van der Waals surface area contributed by atoms with Crippen molar-refractivity contribution in [2.75, 3.05) is 0 Å². The third-order valence-electron chi connectivity index (χ3n) is 5.80. The van der Waals surface area contributed by atoms with Gasteiger partial charge in [0.1, 0.15) is 0 Å². The van der Waals surface area contributed by atoms with Crippen LogP contribution in [0.25, 0.3) is 11.0 Å². The van der Waals surface area contributed by atoms with E-state index in [4.69, 9.17) is 22.3 Å². The Kier molecular flexibility index (Phi) is 4.36. The van der Waals surface area contributed by atoms with Crippen molar-refractivity contribution in [2.45, 2.75) is 77.4 Å². The van der Waals surface area contributed by atoms with Crippen molar-refractivity contribution in [3.8, 4) is 0 Å². The zero-order valence-electron chi connectivity index (χ0n) is 17.8. The third kappa shape index (κ3) is 3.34. The van der Waals surface area contributed by atoms with Crippen molar-refractivity contribution in [1.29, 1.82) is 0 Å². The quantitative estimate of drug-likeness (QED) is 0.605. The fourth-order valence-corrected chi connectivity index (χ4v) is 4.27. The standard InChI is InChI=1S/C21H27N7OS/c1-11-17-14(19(29)22-10-16-24-25-20(30)27(16)13-7-8-13)9-15(12-5-6-12)23-18(17)28(26-11)21(2,3)4/h9,12-13H,5-8,10H2,1-4H3,(H,22,29)(H,25,30). The molecule has 1 amide bonds. The van der Waals surface area contributed by atoms with Crippen LogP contribution in [-0.4, -0.2) is 35.4 Å². The fourth-order valence-electron chi connectivity index (χ4n) is 3.97. The summed E-state index contributed by atoms with van der Waals surface area (Å²) in [7, 11) is 0. The van der Waals surface area contributed by atoms with Crippen LogP contribution in [0.15, 0.2) is 6.07 Å². The number of aromatic nitrogens is 6. The van der Waals surface area contributed by atoms with Gasteiger partial charge in [0.25, 0.3) is 5.91 Å². The molecule has 0 aliphatic heterocycles. The number of nitrogens with zero attached hydrogens (tertiary/aromatic N) is 5. The highest BCUT2D eigenvalue weighted by atomic mass is 32.1. The third-order valence-corrected chi connectivity index (χ3v) is 6.09. The number of hydrogen-bond donors (Lipinski definition) is 2. The van der Waals surface area contributed by atoms with Crippen LogP contribution in [0.5, 0.6) is 0 Å². The van der Waals surface area contributed by atoms with E-state index in [9.17, 15) is 4.79 Å². The second-order valence-corrected chi connectivity index (χ2v) is 9.85. The number of carbonyl (C=O) groups is 1. The van der Waals surface area contributed by atoms with Crippen molar-refractivity contribution in [3.63, 3.8) is 0 Å². The lowest BCUT2D eigenvalue weighted by Crippen LogP contribution is -2.26. The molecule has 0 spiro atoms. The minimum Gasteiger partial charge on any atom is -0.345 e. The average molecular weight is 426 g/mol. The molecule has 0 unspecified atom stereocenters. The van der Waals surface area contributed by atoms with Gasteiger partial charge in [0.2, 0.25) is 0 Å². The second kappa shape index (κ2) is 6.73. The van der Waals surface area contributed by atoms with E-state index in [-0.39, 0.29) is 11.4 Å². The second-order valence-electron chi connectivity index (χ2n) is 9.46. The van der Waals surface area contributed by atoms with Gasteiger partial charge >= 0.3 is 0 Å². The molecule has 2 N–H and O–H groups in total. The number of amides is 1. The van der Waals surface area contributed by atoms with Crippen LogP contribution < -0.4 is 5.32 Å². The van der Waals surface area contributed by atoms with Crippen molar-refractivity contribution in [2.24, 2.45) is 0 Å². The molecule has 0 bridgehead atoms. The zero-order valence-corrected chi connectivity index (χ0v) is 18.6. The van der Waals surface area contributed by atoms with E-state index < -0.39 is 0 Å². The van der Waals surface area contributed by atoms with Crippen molar-refractivity contribution in [3.05, 3.63) is 33.6 Å². The minimum atomic E-state index is -0.222. The Morgan fingerprint density at radius 1 is 1.30 bits per heavy atom. The number of pyridine rings is 1. The lowest BCUT2D eigenvalue weighted by atomic mass is 10.1. The van der Waals surface area contributed by atoms with Gasteiger partial charge in [0, 0.05) is 17.7 Å². The molecule has 158 valence electrons. The highest BCUT2D eigenvalue weighted by Crippen LogP contribution is 2.41. The van der Waals surface area contributed by atoms with Crippen molar-refractivity contribution in [1.82, 2.24) is 34.8 Å². The fraction of sp³-hybridized carbons (Fsp3) is 0.571. The minimum absolute atomic E-state index is 0.128. The predicted molar refractivity (Wildman–Crippen MR) is 116 cm³/mol. The first-order valence-electron chi connectivity index (χ1n) is 10.6. The molecule has 0 radical (unpaired) electrons. The largest absolute Gasteiger partial charge is 0.345 e. The predicted octanol–water partition coefficient (Wildman–Crippen LogP) is 3.89. The monoisotopic (exact) mass is 425 g/mol. The molecule has 3 heterocycles. The SMILES string of the molecule is Cc1nn(C(C)(C)C)c2nc(C3CC3)cc(C(=O)NCc3n[nH]c(=S)n3C3CC3)c12. The number of aryl methyl sites for hydroxylation is 1. The first-order chi connectivity index (χ1) is 14.2. The molecule has 3 aromatic rings. The number of carbonyl (C=O) groups excluding carboxylic acids is 1. The summed E-state index contributed by atoms with van der Waals surface area (Å²) < 4.78 is 4.58. The Labute approximate surface area is 180 Å². The molecular weight excluding hydrogens is 398 g/mol. The lowest BCUT2D eigenvalue weighted by Gasteiger charge is -2.20. The van der Waals surface area contributed by atoms with Gasteiger partial charge in [-0.25, -0.2) is 9.67 Å². The van der Waals surface area contributed by atoms with Gasteiger partial charge in [-0.05, 0) is 71.7 Å². The van der Waals surface area contributed by atoms with Crippen LogP contribution in [0.4, 0.5) is 0 Å². The molecule has 3 aromatic heterocycles. The Morgan fingerprint density at radius 3 is 2.67 bits per heavy atom. The first kappa shape index (κ1) is 19.4. The van der Waals surface area contributed by atoms with Gasteiger partial charge in [-0.2, -0.15) is 10.2 Å². The van der Waals surface area contributed by atoms with Crippen molar-refractivity contribution >= 4 is 29.2 Å². The number of fused-ring (bicyclic) bond motifs is 1. The van der Waals surface area contributed by atoms with Crippen LogP contribution in [0.2, 0.25) is 0 Å². The smallest absolute Gasteiger partial charge is 0.252 e. The maximum Gasteiger partial charge on any atom is 0.252 e. The summed E-state index contributed by atoms with van der Waals surface area (Å²) in [4.78, 5) is 18.2. The van der Waals surface area contributed by atoms with E-state index in [2.05, 4.69) is 36.3 Å². The molecular formula is C21H27N7OS. The van der Waals surface area contributed by atoms with Gasteiger partial charge in [0.05, 0.1) is 28.7 Å². The van der Waals surface area contributed by atoms with Gasteiger partial charge in [-0.1, -0.05) is 0 Å². The van der Waals surface area contributed by atoms with E-state index in [1.807, 2.05) is 22.2 Å². The molecule has 5 rings (SSSR count). The Balaban J connectivity index is 1.52. The topological polar surface area (TPSA) is 93.4 Å². The summed E-state index contributed by atoms with van der Waals surface area (Å²) in [6, 6.07) is 2.36. The van der Waals surface area contributed by atoms with Crippen LogP contribution >= 0.6 is 12.2 Å². The number of nitrogens with one attached hydrogen (secondary N) is 2. The molecule has 0 saturated heterocycles. The summed E-state index contributed by atoms with van der Waals surface area (Å²) in [6.07, 6.45) is 4.46. The summed E-state index contributed by atoms with van der Waals surface area (Å²) in [5.74, 6) is 1.08. The number of aromatic amines is 1. The summed E-state index contributed by atoms with van der Waals surface area (Å²) in [6.45, 7) is 8.58. The average Bonchev–Trinajstić information content (AvgIpc) is 3.61. The Morgan fingerprint density at radius 2 is 2.03 bits per heavy atom. The number of H-pyrrole nitrogens is 1. The highest BCUT2D eigenvalue weighted by Gasteiger charge is 2.31. The molecule has 2 aliphatic rings. The summed E-state index contributed by atoms with van der Waals surface area (Å²) in [5.41, 5.74) is 3.01. The molecule has 30 heavy (non-hydrogen) atoms. The van der Waals surface area contributed by atoms with E-state index in [0.717, 1.165) is 53.9 Å². The van der Waals surface area contributed by atoms with E-state index in [0.29, 0.717) is 28.8 Å². The molecule has 2 aliphatic carbocycles. The van der Waals surface area contributed by atoms with Crippen LogP contribution in [-0.2, 0) is 12.1 Å². The van der Waals surface area contributed by atoms with Crippen LogP contribution in [0, 0.1) is 11.7 Å². The number of rotatable bonds is 5. The maximum atomic E-state index is 13.3. The van der Waals surface area contributed by atoms with Gasteiger partial charge in [-0.15, -0.1) is 0 Å². The normalized spacial score (nSPS) is 16.9. The van der Waals surface area contributed by atoms with Crippen LogP contribution in [0.3, 0.4) is 0 Å². The molecule has 0 aromatic carbocycles. The Bertz CT molecular complexity index is 1200.